The van der Waals surface area contributed by atoms with Crippen molar-refractivity contribution in [3.05, 3.63) is 72.6 Å². The molecular formula is C24H28N6O2. The number of rotatable bonds is 6. The summed E-state index contributed by atoms with van der Waals surface area (Å²) in [7, 11) is 1.68. The van der Waals surface area contributed by atoms with Gasteiger partial charge in [0, 0.05) is 44.5 Å². The maximum absolute atomic E-state index is 12.6. The Morgan fingerprint density at radius 1 is 1.00 bits per heavy atom. The number of aliphatic imine (C=N–C) groups is 1. The molecule has 2 heterocycles. The second-order valence-electron chi connectivity index (χ2n) is 7.49. The third kappa shape index (κ3) is 5.46. The molecule has 1 amide bonds. The van der Waals surface area contributed by atoms with Gasteiger partial charge in [-0.2, -0.15) is 0 Å². The molecule has 3 aromatic rings. The van der Waals surface area contributed by atoms with Crippen LogP contribution in [0.2, 0.25) is 0 Å². The number of carbonyl (C=O) groups excluding carboxylic acids is 1. The molecule has 1 fully saturated rings. The Hall–Kier alpha value is -3.81. The van der Waals surface area contributed by atoms with Gasteiger partial charge in [0.1, 0.15) is 6.26 Å². The Morgan fingerprint density at radius 3 is 2.38 bits per heavy atom. The van der Waals surface area contributed by atoms with Gasteiger partial charge in [-0.15, -0.1) is 0 Å². The molecule has 1 aromatic heterocycles. The summed E-state index contributed by atoms with van der Waals surface area (Å²) in [5.74, 6) is 1.19. The van der Waals surface area contributed by atoms with Crippen LogP contribution in [0.3, 0.4) is 0 Å². The van der Waals surface area contributed by atoms with E-state index in [-0.39, 0.29) is 12.5 Å². The molecule has 0 aliphatic carbocycles. The van der Waals surface area contributed by atoms with Gasteiger partial charge in [0.05, 0.1) is 18.8 Å². The van der Waals surface area contributed by atoms with Crippen LogP contribution in [-0.2, 0) is 11.3 Å². The van der Waals surface area contributed by atoms with Crippen LogP contribution >= 0.6 is 0 Å². The number of piperazine rings is 1. The van der Waals surface area contributed by atoms with Gasteiger partial charge in [0.2, 0.25) is 11.8 Å². The SMILES string of the molecule is CN=C(NCC(=O)N1CCN(c2ccccc2)CC1)NCc1coc(-c2ccccc2)n1. The molecule has 2 N–H and O–H groups in total. The number of benzene rings is 2. The van der Waals surface area contributed by atoms with Gasteiger partial charge in [-0.05, 0) is 24.3 Å². The number of nitrogens with one attached hydrogen (secondary N) is 2. The average Bonchev–Trinajstić information content (AvgIpc) is 3.34. The van der Waals surface area contributed by atoms with Gasteiger partial charge in [-0.25, -0.2) is 4.98 Å². The Kier molecular flexibility index (Phi) is 7.01. The Morgan fingerprint density at radius 2 is 1.69 bits per heavy atom. The fraction of sp³-hybridized carbons (Fsp3) is 0.292. The fourth-order valence-corrected chi connectivity index (χ4v) is 3.62. The lowest BCUT2D eigenvalue weighted by Crippen LogP contribution is -2.52. The number of para-hydroxylation sites is 1. The largest absolute Gasteiger partial charge is 0.444 e. The maximum Gasteiger partial charge on any atom is 0.242 e. The first-order valence-corrected chi connectivity index (χ1v) is 10.7. The summed E-state index contributed by atoms with van der Waals surface area (Å²) >= 11 is 0. The molecule has 8 nitrogen and oxygen atoms in total. The lowest BCUT2D eigenvalue weighted by molar-refractivity contribution is -0.130. The first-order chi connectivity index (χ1) is 15.7. The Labute approximate surface area is 188 Å². The summed E-state index contributed by atoms with van der Waals surface area (Å²) in [5, 5.41) is 6.27. The van der Waals surface area contributed by atoms with Gasteiger partial charge in [0.25, 0.3) is 0 Å². The molecule has 1 saturated heterocycles. The summed E-state index contributed by atoms with van der Waals surface area (Å²) in [6.45, 7) is 3.72. The quantitative estimate of drug-likeness (QED) is 0.459. The van der Waals surface area contributed by atoms with Gasteiger partial charge in [-0.3, -0.25) is 9.79 Å². The molecule has 1 aliphatic rings. The lowest BCUT2D eigenvalue weighted by Gasteiger charge is -2.36. The van der Waals surface area contributed by atoms with Crippen molar-refractivity contribution in [2.45, 2.75) is 6.54 Å². The Bertz CT molecular complexity index is 1030. The van der Waals surface area contributed by atoms with Crippen molar-refractivity contribution in [3.63, 3.8) is 0 Å². The van der Waals surface area contributed by atoms with E-state index in [1.54, 1.807) is 13.3 Å². The Balaban J connectivity index is 1.21. The highest BCUT2D eigenvalue weighted by atomic mass is 16.3. The summed E-state index contributed by atoms with van der Waals surface area (Å²) in [6.07, 6.45) is 1.62. The fourth-order valence-electron chi connectivity index (χ4n) is 3.62. The van der Waals surface area contributed by atoms with E-state index in [0.29, 0.717) is 31.5 Å². The number of amides is 1. The number of nitrogens with zero attached hydrogens (tertiary/aromatic N) is 4. The number of carbonyl (C=O) groups is 1. The molecule has 0 unspecified atom stereocenters. The zero-order chi connectivity index (χ0) is 22.2. The van der Waals surface area contributed by atoms with Gasteiger partial charge < -0.3 is 24.9 Å². The van der Waals surface area contributed by atoms with Crippen molar-refractivity contribution in [1.29, 1.82) is 0 Å². The van der Waals surface area contributed by atoms with E-state index in [1.807, 2.05) is 53.4 Å². The number of anilines is 1. The first kappa shape index (κ1) is 21.4. The van der Waals surface area contributed by atoms with Crippen LogP contribution in [0.25, 0.3) is 11.5 Å². The minimum absolute atomic E-state index is 0.0634. The van der Waals surface area contributed by atoms with E-state index in [0.717, 1.165) is 24.3 Å². The van der Waals surface area contributed by atoms with Crippen LogP contribution in [0.5, 0.6) is 0 Å². The van der Waals surface area contributed by atoms with Gasteiger partial charge >= 0.3 is 0 Å². The molecule has 2 aromatic carbocycles. The average molecular weight is 433 g/mol. The van der Waals surface area contributed by atoms with Gasteiger partial charge in [-0.1, -0.05) is 36.4 Å². The first-order valence-electron chi connectivity index (χ1n) is 10.7. The van der Waals surface area contributed by atoms with E-state index in [2.05, 4.69) is 37.6 Å². The van der Waals surface area contributed by atoms with Crippen molar-refractivity contribution < 1.29 is 9.21 Å². The normalized spacial score (nSPS) is 14.3. The van der Waals surface area contributed by atoms with Crippen LogP contribution in [0.15, 0.2) is 76.3 Å². The molecule has 0 spiro atoms. The second-order valence-corrected chi connectivity index (χ2v) is 7.49. The third-order valence-electron chi connectivity index (χ3n) is 5.39. The third-order valence-corrected chi connectivity index (χ3v) is 5.39. The van der Waals surface area contributed by atoms with Crippen molar-refractivity contribution in [2.75, 3.05) is 44.7 Å². The predicted octanol–water partition coefficient (Wildman–Crippen LogP) is 2.36. The molecule has 0 saturated carbocycles. The number of guanidine groups is 1. The topological polar surface area (TPSA) is 86.0 Å². The molecule has 166 valence electrons. The van der Waals surface area contributed by atoms with E-state index >= 15 is 0 Å². The highest BCUT2D eigenvalue weighted by Gasteiger charge is 2.21. The number of hydrogen-bond acceptors (Lipinski definition) is 5. The number of aromatic nitrogens is 1. The molecular weight excluding hydrogens is 404 g/mol. The van der Waals surface area contributed by atoms with Crippen molar-refractivity contribution in [2.24, 2.45) is 4.99 Å². The van der Waals surface area contributed by atoms with Crippen LogP contribution < -0.4 is 15.5 Å². The highest BCUT2D eigenvalue weighted by Crippen LogP contribution is 2.18. The van der Waals surface area contributed by atoms with Gasteiger partial charge in [0.15, 0.2) is 5.96 Å². The molecule has 0 atom stereocenters. The molecule has 8 heteroatoms. The predicted molar refractivity (Wildman–Crippen MR) is 125 cm³/mol. The molecule has 0 radical (unpaired) electrons. The van der Waals surface area contributed by atoms with Crippen LogP contribution in [0.4, 0.5) is 5.69 Å². The number of hydrogen-bond donors (Lipinski definition) is 2. The summed E-state index contributed by atoms with van der Waals surface area (Å²) in [5.41, 5.74) is 2.89. The minimum atomic E-state index is 0.0634. The highest BCUT2D eigenvalue weighted by molar-refractivity contribution is 5.86. The molecule has 0 bridgehead atoms. The van der Waals surface area contributed by atoms with Crippen LogP contribution in [-0.4, -0.2) is 61.5 Å². The van der Waals surface area contributed by atoms with Crippen molar-refractivity contribution in [3.8, 4) is 11.5 Å². The zero-order valence-electron chi connectivity index (χ0n) is 18.2. The lowest BCUT2D eigenvalue weighted by atomic mass is 10.2. The molecule has 4 rings (SSSR count). The van der Waals surface area contributed by atoms with Crippen LogP contribution in [0.1, 0.15) is 5.69 Å². The molecule has 1 aliphatic heterocycles. The standard InChI is InChI=1S/C24H28N6O2/c1-25-24(26-16-20-18-32-23(28-20)19-8-4-2-5-9-19)27-17-22(31)30-14-12-29(13-15-30)21-10-6-3-7-11-21/h2-11,18H,12-17H2,1H3,(H2,25,26,27). The number of oxazole rings is 1. The summed E-state index contributed by atoms with van der Waals surface area (Å²) < 4.78 is 5.56. The minimum Gasteiger partial charge on any atom is -0.444 e. The monoisotopic (exact) mass is 432 g/mol. The summed E-state index contributed by atoms with van der Waals surface area (Å²) in [4.78, 5) is 25.5. The van der Waals surface area contributed by atoms with Crippen molar-refractivity contribution >= 4 is 17.6 Å². The van der Waals surface area contributed by atoms with Crippen molar-refractivity contribution in [1.82, 2.24) is 20.5 Å². The summed E-state index contributed by atoms with van der Waals surface area (Å²) in [6, 6.07) is 20.1. The molecule has 32 heavy (non-hydrogen) atoms. The maximum atomic E-state index is 12.6. The second kappa shape index (κ2) is 10.5. The van der Waals surface area contributed by atoms with E-state index < -0.39 is 0 Å². The zero-order valence-corrected chi connectivity index (χ0v) is 18.2. The van der Waals surface area contributed by atoms with E-state index in [1.165, 1.54) is 5.69 Å². The smallest absolute Gasteiger partial charge is 0.242 e. The van der Waals surface area contributed by atoms with E-state index in [9.17, 15) is 4.79 Å². The van der Waals surface area contributed by atoms with E-state index in [4.69, 9.17) is 4.42 Å². The van der Waals surface area contributed by atoms with Crippen LogP contribution in [0, 0.1) is 0 Å².